The lowest BCUT2D eigenvalue weighted by molar-refractivity contribution is -0.140. The number of hydrogen-bond donors (Lipinski definition) is 1. The van der Waals surface area contributed by atoms with Crippen LogP contribution in [0.3, 0.4) is 0 Å². The number of carbonyl (C=O) groups is 2. The molecule has 0 saturated carbocycles. The summed E-state index contributed by atoms with van der Waals surface area (Å²) in [5, 5.41) is 2.94. The van der Waals surface area contributed by atoms with Gasteiger partial charge in [0.25, 0.3) is 0 Å². The number of nitrogens with one attached hydrogen (secondary N) is 1. The minimum atomic E-state index is -3.81. The smallest absolute Gasteiger partial charge is 0.244 e. The van der Waals surface area contributed by atoms with Gasteiger partial charge in [-0.05, 0) is 55.3 Å². The van der Waals surface area contributed by atoms with E-state index < -0.39 is 28.5 Å². The highest BCUT2D eigenvalue weighted by atomic mass is 79.9. The Kier molecular flexibility index (Phi) is 10.5. The van der Waals surface area contributed by atoms with Crippen molar-refractivity contribution in [2.75, 3.05) is 17.1 Å². The maximum Gasteiger partial charge on any atom is 0.244 e. The Bertz CT molecular complexity index is 1350. The van der Waals surface area contributed by atoms with Gasteiger partial charge in [0.2, 0.25) is 21.8 Å². The van der Waals surface area contributed by atoms with Gasteiger partial charge in [0, 0.05) is 28.0 Å². The van der Waals surface area contributed by atoms with Crippen LogP contribution in [0.5, 0.6) is 0 Å². The molecule has 3 aromatic rings. The first-order valence-electron chi connectivity index (χ1n) is 12.1. The molecule has 3 aromatic carbocycles. The molecule has 0 spiro atoms. The van der Waals surface area contributed by atoms with Crippen LogP contribution in [0.4, 0.5) is 5.69 Å². The number of benzene rings is 3. The number of carbonyl (C=O) groups excluding carboxylic acids is 2. The third kappa shape index (κ3) is 8.68. The monoisotopic (exact) mass is 663 g/mol. The first-order valence-corrected chi connectivity index (χ1v) is 15.5. The van der Waals surface area contributed by atoms with Crippen LogP contribution in [0, 0.1) is 0 Å². The minimum Gasteiger partial charge on any atom is -0.352 e. The van der Waals surface area contributed by atoms with Crippen LogP contribution in [-0.2, 0) is 32.6 Å². The summed E-state index contributed by atoms with van der Waals surface area (Å²) >= 11 is 6.80. The summed E-state index contributed by atoms with van der Waals surface area (Å²) in [6, 6.07) is 22.7. The molecule has 0 saturated heterocycles. The number of anilines is 1. The normalized spacial score (nSPS) is 12.2. The third-order valence-electron chi connectivity index (χ3n) is 5.74. The van der Waals surface area contributed by atoms with Gasteiger partial charge in [-0.15, -0.1) is 0 Å². The lowest BCUT2D eigenvalue weighted by atomic mass is 10.0. The fourth-order valence-electron chi connectivity index (χ4n) is 3.97. The molecule has 38 heavy (non-hydrogen) atoms. The second-order valence-corrected chi connectivity index (χ2v) is 13.0. The van der Waals surface area contributed by atoms with Crippen molar-refractivity contribution in [3.8, 4) is 0 Å². The highest BCUT2D eigenvalue weighted by molar-refractivity contribution is 9.10. The maximum absolute atomic E-state index is 14.0. The molecular formula is C28H31Br2N3O4S. The molecule has 0 aliphatic carbocycles. The van der Waals surface area contributed by atoms with Gasteiger partial charge in [-0.3, -0.25) is 13.9 Å². The quantitative estimate of drug-likeness (QED) is 0.308. The molecule has 7 nitrogen and oxygen atoms in total. The molecule has 2 amide bonds. The number of halogens is 2. The predicted octanol–water partition coefficient (Wildman–Crippen LogP) is 5.14. The van der Waals surface area contributed by atoms with Gasteiger partial charge in [-0.2, -0.15) is 0 Å². The minimum absolute atomic E-state index is 0.130. The Hall–Kier alpha value is -2.69. The van der Waals surface area contributed by atoms with Crippen LogP contribution < -0.4 is 9.62 Å². The second kappa shape index (κ2) is 13.4. The lowest BCUT2D eigenvalue weighted by Gasteiger charge is -2.34. The zero-order valence-electron chi connectivity index (χ0n) is 21.5. The molecule has 0 fully saturated rings. The van der Waals surface area contributed by atoms with Gasteiger partial charge >= 0.3 is 0 Å². The number of rotatable bonds is 11. The van der Waals surface area contributed by atoms with Gasteiger partial charge in [0.05, 0.1) is 11.9 Å². The van der Waals surface area contributed by atoms with Crippen LogP contribution in [0.15, 0.2) is 87.8 Å². The van der Waals surface area contributed by atoms with E-state index in [-0.39, 0.29) is 24.9 Å². The molecule has 0 unspecified atom stereocenters. The lowest BCUT2D eigenvalue weighted by Crippen LogP contribution is -2.54. The molecule has 0 aliphatic rings. The molecule has 0 radical (unpaired) electrons. The fraction of sp³-hybridized carbons (Fsp3) is 0.286. The summed E-state index contributed by atoms with van der Waals surface area (Å²) in [5.74, 6) is -0.791. The zero-order valence-corrected chi connectivity index (χ0v) is 25.5. The van der Waals surface area contributed by atoms with E-state index in [9.17, 15) is 18.0 Å². The van der Waals surface area contributed by atoms with E-state index in [1.807, 2.05) is 68.4 Å². The Morgan fingerprint density at radius 1 is 0.868 bits per heavy atom. The van der Waals surface area contributed by atoms with Crippen molar-refractivity contribution in [3.05, 3.63) is 98.9 Å². The topological polar surface area (TPSA) is 86.8 Å². The second-order valence-electron chi connectivity index (χ2n) is 9.27. The van der Waals surface area contributed by atoms with Crippen LogP contribution in [0.1, 0.15) is 25.0 Å². The van der Waals surface area contributed by atoms with Gasteiger partial charge in [-0.25, -0.2) is 8.42 Å². The molecular weight excluding hydrogens is 634 g/mol. The average Bonchev–Trinajstić information content (AvgIpc) is 2.85. The first kappa shape index (κ1) is 29.9. The molecule has 0 bridgehead atoms. The Morgan fingerprint density at radius 2 is 1.53 bits per heavy atom. The number of hydrogen-bond acceptors (Lipinski definition) is 4. The van der Waals surface area contributed by atoms with Gasteiger partial charge in [-0.1, -0.05) is 80.4 Å². The van der Waals surface area contributed by atoms with Crippen molar-refractivity contribution >= 4 is 59.4 Å². The fourth-order valence-corrected chi connectivity index (χ4v) is 5.46. The predicted molar refractivity (Wildman–Crippen MR) is 158 cm³/mol. The number of nitrogens with zero attached hydrogens (tertiary/aromatic N) is 2. The van der Waals surface area contributed by atoms with E-state index in [0.29, 0.717) is 10.2 Å². The van der Waals surface area contributed by atoms with Crippen LogP contribution in [-0.4, -0.2) is 50.0 Å². The molecule has 202 valence electrons. The number of amides is 2. The molecule has 0 aliphatic heterocycles. The SMILES string of the molecule is CC(C)NC(=O)[C@H](Cc1ccccc1)N(Cc1ccc(Br)cc1)C(=O)CN(c1cccc(Br)c1)S(C)(=O)=O. The van der Waals surface area contributed by atoms with E-state index >= 15 is 0 Å². The Morgan fingerprint density at radius 3 is 2.11 bits per heavy atom. The van der Waals surface area contributed by atoms with Crippen molar-refractivity contribution in [3.63, 3.8) is 0 Å². The highest BCUT2D eigenvalue weighted by Gasteiger charge is 2.33. The summed E-state index contributed by atoms with van der Waals surface area (Å²) in [7, 11) is -3.81. The van der Waals surface area contributed by atoms with Crippen molar-refractivity contribution in [1.82, 2.24) is 10.2 Å². The summed E-state index contributed by atoms with van der Waals surface area (Å²) in [6.45, 7) is 3.39. The van der Waals surface area contributed by atoms with Gasteiger partial charge < -0.3 is 10.2 Å². The van der Waals surface area contributed by atoms with Crippen LogP contribution >= 0.6 is 31.9 Å². The summed E-state index contributed by atoms with van der Waals surface area (Å²) in [4.78, 5) is 28.9. The number of sulfonamides is 1. The first-order chi connectivity index (χ1) is 17.9. The van der Waals surface area contributed by atoms with Crippen molar-refractivity contribution < 1.29 is 18.0 Å². The summed E-state index contributed by atoms with van der Waals surface area (Å²) < 4.78 is 28.2. The van der Waals surface area contributed by atoms with E-state index in [1.165, 1.54) is 4.90 Å². The summed E-state index contributed by atoms with van der Waals surface area (Å²) in [5.41, 5.74) is 2.05. The Balaban J connectivity index is 2.05. The van der Waals surface area contributed by atoms with Gasteiger partial charge in [0.15, 0.2) is 0 Å². The van der Waals surface area contributed by atoms with Crippen molar-refractivity contribution in [1.29, 1.82) is 0 Å². The molecule has 3 rings (SSSR count). The van der Waals surface area contributed by atoms with E-state index in [1.54, 1.807) is 24.3 Å². The van der Waals surface area contributed by atoms with E-state index in [2.05, 4.69) is 37.2 Å². The maximum atomic E-state index is 14.0. The largest absolute Gasteiger partial charge is 0.352 e. The molecule has 1 N–H and O–H groups in total. The highest BCUT2D eigenvalue weighted by Crippen LogP contribution is 2.24. The zero-order chi connectivity index (χ0) is 27.9. The molecule has 10 heteroatoms. The summed E-state index contributed by atoms with van der Waals surface area (Å²) in [6.07, 6.45) is 1.34. The Labute approximate surface area is 241 Å². The van der Waals surface area contributed by atoms with E-state index in [4.69, 9.17) is 0 Å². The molecule has 1 atom stereocenters. The van der Waals surface area contributed by atoms with Crippen molar-refractivity contribution in [2.24, 2.45) is 0 Å². The van der Waals surface area contributed by atoms with Crippen LogP contribution in [0.2, 0.25) is 0 Å². The molecule has 0 heterocycles. The van der Waals surface area contributed by atoms with Crippen molar-refractivity contribution in [2.45, 2.75) is 38.9 Å². The standard InChI is InChI=1S/C28H31Br2N3O4S/c1-20(2)31-28(35)26(16-21-8-5-4-6-9-21)32(18-22-12-14-23(29)15-13-22)27(34)19-33(38(3,36)37)25-11-7-10-24(30)17-25/h4-15,17,20,26H,16,18-19H2,1-3H3,(H,31,35)/t26-/m0/s1. The van der Waals surface area contributed by atoms with Gasteiger partial charge in [0.1, 0.15) is 12.6 Å². The van der Waals surface area contributed by atoms with Crippen LogP contribution in [0.25, 0.3) is 0 Å². The molecule has 0 aromatic heterocycles. The van der Waals surface area contributed by atoms with E-state index in [0.717, 1.165) is 26.2 Å². The average molecular weight is 665 g/mol. The third-order valence-corrected chi connectivity index (χ3v) is 7.91.